The molecule has 0 spiro atoms. The molecule has 5 rings (SSSR count). The zero-order valence-electron chi connectivity index (χ0n) is 17.2. The third kappa shape index (κ3) is 3.12. The molecule has 154 valence electrons. The second-order valence-corrected chi connectivity index (χ2v) is 8.00. The predicted octanol–water partition coefficient (Wildman–Crippen LogP) is 3.98. The smallest absolute Gasteiger partial charge is 0.235 e. The Bertz CT molecular complexity index is 1100. The summed E-state index contributed by atoms with van der Waals surface area (Å²) in [5, 5.41) is 4.29. The predicted molar refractivity (Wildman–Crippen MR) is 112 cm³/mol. The highest BCUT2D eigenvalue weighted by molar-refractivity contribution is 5.91. The quantitative estimate of drug-likeness (QED) is 0.644. The van der Waals surface area contributed by atoms with Crippen molar-refractivity contribution in [2.24, 2.45) is 0 Å². The standard InChI is InChI=1S/C24H24N2O4/c1-28-19-5-3-4-17(13-19)21-14-22(25-30-21)24(9-10-24)23(27)26-11-8-16-12-20(29-2)7-6-18(16)15-26/h3-7,12-14H,8-11,15H2,1-2H3. The summed E-state index contributed by atoms with van der Waals surface area (Å²) in [6, 6.07) is 15.6. The van der Waals surface area contributed by atoms with Crippen LogP contribution < -0.4 is 9.47 Å². The van der Waals surface area contributed by atoms with E-state index in [4.69, 9.17) is 14.0 Å². The SMILES string of the molecule is COc1cccc(-c2cc(C3(C(=O)N4CCc5cc(OC)ccc5C4)CC3)no2)c1. The molecular formula is C24H24N2O4. The van der Waals surface area contributed by atoms with Crippen molar-refractivity contribution in [3.63, 3.8) is 0 Å². The number of benzene rings is 2. The number of amides is 1. The molecule has 1 amide bonds. The largest absolute Gasteiger partial charge is 0.497 e. The average Bonchev–Trinajstić information content (AvgIpc) is 3.46. The summed E-state index contributed by atoms with van der Waals surface area (Å²) in [6.45, 7) is 1.34. The zero-order valence-corrected chi connectivity index (χ0v) is 17.2. The molecule has 2 aliphatic rings. The first kappa shape index (κ1) is 18.7. The first-order chi connectivity index (χ1) is 14.6. The van der Waals surface area contributed by atoms with Gasteiger partial charge >= 0.3 is 0 Å². The molecular weight excluding hydrogens is 380 g/mol. The molecule has 0 atom stereocenters. The third-order valence-electron chi connectivity index (χ3n) is 6.23. The van der Waals surface area contributed by atoms with Crippen LogP contribution in [0.25, 0.3) is 11.3 Å². The van der Waals surface area contributed by atoms with Crippen molar-refractivity contribution in [3.8, 4) is 22.8 Å². The number of nitrogens with zero attached hydrogens (tertiary/aromatic N) is 2. The van der Waals surface area contributed by atoms with E-state index < -0.39 is 5.41 Å². The van der Waals surface area contributed by atoms with Crippen molar-refractivity contribution < 1.29 is 18.8 Å². The van der Waals surface area contributed by atoms with E-state index in [9.17, 15) is 4.79 Å². The number of rotatable bonds is 5. The molecule has 2 heterocycles. The molecule has 3 aromatic rings. The van der Waals surface area contributed by atoms with E-state index >= 15 is 0 Å². The molecule has 30 heavy (non-hydrogen) atoms. The van der Waals surface area contributed by atoms with E-state index in [1.165, 1.54) is 11.1 Å². The summed E-state index contributed by atoms with van der Waals surface area (Å²) in [5.74, 6) is 2.42. The molecule has 6 heteroatoms. The maximum absolute atomic E-state index is 13.5. The second kappa shape index (κ2) is 7.20. The number of aromatic nitrogens is 1. The minimum Gasteiger partial charge on any atom is -0.497 e. The van der Waals surface area contributed by atoms with Gasteiger partial charge in [-0.25, -0.2) is 0 Å². The van der Waals surface area contributed by atoms with Gasteiger partial charge in [0.05, 0.1) is 25.3 Å². The highest BCUT2D eigenvalue weighted by Crippen LogP contribution is 2.50. The van der Waals surface area contributed by atoms with Crippen LogP contribution in [0, 0.1) is 0 Å². The molecule has 0 radical (unpaired) electrons. The normalized spacial score (nSPS) is 16.7. The summed E-state index contributed by atoms with van der Waals surface area (Å²) in [5.41, 5.74) is 3.50. The number of methoxy groups -OCH3 is 2. The van der Waals surface area contributed by atoms with Gasteiger partial charge in [0.15, 0.2) is 5.76 Å². The van der Waals surface area contributed by atoms with Crippen molar-refractivity contribution in [2.75, 3.05) is 20.8 Å². The Labute approximate surface area is 175 Å². The molecule has 0 N–H and O–H groups in total. The van der Waals surface area contributed by atoms with E-state index in [1.807, 2.05) is 41.3 Å². The molecule has 6 nitrogen and oxygen atoms in total. The Balaban J connectivity index is 1.37. The van der Waals surface area contributed by atoms with Crippen LogP contribution in [0.3, 0.4) is 0 Å². The fourth-order valence-electron chi connectivity index (χ4n) is 4.25. The number of carbonyl (C=O) groups is 1. The van der Waals surface area contributed by atoms with Crippen molar-refractivity contribution >= 4 is 5.91 Å². The highest BCUT2D eigenvalue weighted by atomic mass is 16.5. The summed E-state index contributed by atoms with van der Waals surface area (Å²) in [7, 11) is 3.31. The summed E-state index contributed by atoms with van der Waals surface area (Å²) >= 11 is 0. The summed E-state index contributed by atoms with van der Waals surface area (Å²) in [4.78, 5) is 15.4. The molecule has 1 aromatic heterocycles. The minimum absolute atomic E-state index is 0.148. The number of ether oxygens (including phenoxy) is 2. The minimum atomic E-state index is -0.551. The van der Waals surface area contributed by atoms with Crippen LogP contribution in [0.5, 0.6) is 11.5 Å². The fraction of sp³-hybridized carbons (Fsp3) is 0.333. The lowest BCUT2D eigenvalue weighted by Gasteiger charge is -2.31. The lowest BCUT2D eigenvalue weighted by atomic mass is 9.95. The molecule has 1 aliphatic carbocycles. The molecule has 0 saturated heterocycles. The second-order valence-electron chi connectivity index (χ2n) is 8.00. The van der Waals surface area contributed by atoms with Gasteiger partial charge in [-0.2, -0.15) is 0 Å². The van der Waals surface area contributed by atoms with Gasteiger partial charge in [0.2, 0.25) is 5.91 Å². The average molecular weight is 404 g/mol. The van der Waals surface area contributed by atoms with Crippen LogP contribution in [0.1, 0.15) is 29.7 Å². The van der Waals surface area contributed by atoms with Gasteiger partial charge in [-0.1, -0.05) is 23.4 Å². The van der Waals surface area contributed by atoms with Gasteiger partial charge in [-0.05, 0) is 54.7 Å². The first-order valence-corrected chi connectivity index (χ1v) is 10.2. The van der Waals surface area contributed by atoms with Gasteiger partial charge in [0.1, 0.15) is 11.5 Å². The van der Waals surface area contributed by atoms with Crippen LogP contribution in [-0.2, 0) is 23.2 Å². The molecule has 1 aliphatic heterocycles. The molecule has 0 bridgehead atoms. The van der Waals surface area contributed by atoms with Crippen molar-refractivity contribution in [1.29, 1.82) is 0 Å². The van der Waals surface area contributed by atoms with Crippen molar-refractivity contribution in [3.05, 3.63) is 65.4 Å². The van der Waals surface area contributed by atoms with E-state index in [0.717, 1.165) is 42.0 Å². The molecule has 0 unspecified atom stereocenters. The number of hydrogen-bond donors (Lipinski definition) is 0. The molecule has 2 aromatic carbocycles. The fourth-order valence-corrected chi connectivity index (χ4v) is 4.25. The van der Waals surface area contributed by atoms with Gasteiger partial charge in [0.25, 0.3) is 0 Å². The Hall–Kier alpha value is -3.28. The molecule has 1 saturated carbocycles. The monoisotopic (exact) mass is 404 g/mol. The lowest BCUT2D eigenvalue weighted by molar-refractivity contribution is -0.135. The van der Waals surface area contributed by atoms with Crippen molar-refractivity contribution in [1.82, 2.24) is 10.1 Å². The zero-order chi connectivity index (χ0) is 20.7. The maximum atomic E-state index is 13.5. The van der Waals surface area contributed by atoms with E-state index in [-0.39, 0.29) is 5.91 Å². The van der Waals surface area contributed by atoms with Gasteiger partial charge in [-0.3, -0.25) is 4.79 Å². The summed E-state index contributed by atoms with van der Waals surface area (Å²) < 4.78 is 16.2. The van der Waals surface area contributed by atoms with Gasteiger partial charge in [0, 0.05) is 24.7 Å². The van der Waals surface area contributed by atoms with Crippen LogP contribution in [0.2, 0.25) is 0 Å². The number of carbonyl (C=O) groups excluding carboxylic acids is 1. The summed E-state index contributed by atoms with van der Waals surface area (Å²) in [6.07, 6.45) is 2.45. The highest BCUT2D eigenvalue weighted by Gasteiger charge is 2.55. The first-order valence-electron chi connectivity index (χ1n) is 10.2. The number of hydrogen-bond acceptors (Lipinski definition) is 5. The van der Waals surface area contributed by atoms with E-state index in [0.29, 0.717) is 18.8 Å². The lowest BCUT2D eigenvalue weighted by Crippen LogP contribution is -2.42. The van der Waals surface area contributed by atoms with E-state index in [2.05, 4.69) is 17.3 Å². The topological polar surface area (TPSA) is 64.8 Å². The Morgan fingerprint density at radius 1 is 1.03 bits per heavy atom. The van der Waals surface area contributed by atoms with Crippen LogP contribution >= 0.6 is 0 Å². The van der Waals surface area contributed by atoms with Crippen LogP contribution in [0.15, 0.2) is 53.1 Å². The van der Waals surface area contributed by atoms with Gasteiger partial charge in [-0.15, -0.1) is 0 Å². The van der Waals surface area contributed by atoms with Crippen LogP contribution in [-0.4, -0.2) is 36.7 Å². The Morgan fingerprint density at radius 3 is 2.60 bits per heavy atom. The Kier molecular flexibility index (Phi) is 4.50. The van der Waals surface area contributed by atoms with Crippen LogP contribution in [0.4, 0.5) is 0 Å². The Morgan fingerprint density at radius 2 is 1.83 bits per heavy atom. The van der Waals surface area contributed by atoms with Gasteiger partial charge < -0.3 is 18.9 Å². The van der Waals surface area contributed by atoms with E-state index in [1.54, 1.807) is 14.2 Å². The maximum Gasteiger partial charge on any atom is 0.235 e. The molecule has 1 fully saturated rings. The van der Waals surface area contributed by atoms with Crippen molar-refractivity contribution in [2.45, 2.75) is 31.2 Å². The number of fused-ring (bicyclic) bond motifs is 1. The third-order valence-corrected chi connectivity index (χ3v) is 6.23.